The summed E-state index contributed by atoms with van der Waals surface area (Å²) in [4.78, 5) is 47.2. The number of carbonyl (C=O) groups is 2. The Labute approximate surface area is 305 Å². The molecule has 0 saturated heterocycles. The molecule has 0 aliphatic rings. The van der Waals surface area contributed by atoms with Crippen LogP contribution in [0.2, 0.25) is 24.2 Å². The lowest BCUT2D eigenvalue weighted by Gasteiger charge is -2.26. The lowest BCUT2D eigenvalue weighted by atomic mass is 10.0. The van der Waals surface area contributed by atoms with Crippen molar-refractivity contribution in [2.45, 2.75) is 155 Å². The minimum atomic E-state index is -1.79. The van der Waals surface area contributed by atoms with Crippen LogP contribution in [0.5, 0.6) is 0 Å². The van der Waals surface area contributed by atoms with Crippen molar-refractivity contribution >= 4 is 38.5 Å². The molecule has 0 aromatic heterocycles. The van der Waals surface area contributed by atoms with E-state index in [2.05, 4.69) is 59.2 Å². The molecular weight excluding hydrogens is 657 g/mol. The molecule has 0 spiro atoms. The number of carbonyl (C=O) groups excluding carboxylic acids is 2. The van der Waals surface area contributed by atoms with Crippen molar-refractivity contribution in [1.29, 1.82) is 0 Å². The monoisotopic (exact) mass is 722 g/mol. The Hall–Kier alpha value is -2.79. The highest BCUT2D eigenvalue weighted by Gasteiger charge is 2.29. The molecule has 0 amide bonds. The van der Waals surface area contributed by atoms with Gasteiger partial charge in [-0.05, 0) is 30.7 Å². The second kappa shape index (κ2) is 24.4. The van der Waals surface area contributed by atoms with Gasteiger partial charge in [-0.2, -0.15) is 0 Å². The van der Waals surface area contributed by atoms with Crippen molar-refractivity contribution in [1.82, 2.24) is 0 Å². The average molecular weight is 723 g/mol. The molecule has 2 rings (SSSR count). The van der Waals surface area contributed by atoms with Crippen molar-refractivity contribution in [3.8, 4) is 0 Å². The summed E-state index contributed by atoms with van der Waals surface area (Å²) >= 11 is 0. The topological polar surface area (TPSA) is 71.1 Å². The first-order valence-corrected chi connectivity index (χ1v) is 24.5. The Balaban J connectivity index is 1.94. The van der Waals surface area contributed by atoms with Crippen LogP contribution in [-0.4, -0.2) is 34.4 Å². The van der Waals surface area contributed by atoms with Crippen molar-refractivity contribution in [3.05, 3.63) is 84.2 Å². The number of hydrogen-bond donors (Lipinski definition) is 0. The van der Waals surface area contributed by atoms with E-state index in [-0.39, 0.29) is 0 Å². The lowest BCUT2D eigenvalue weighted by Crippen LogP contribution is -2.44. The summed E-state index contributed by atoms with van der Waals surface area (Å²) in [6.07, 6.45) is 15.4. The molecule has 0 bridgehead atoms. The molecule has 2 aromatic rings. The molecule has 0 aliphatic carbocycles. The summed E-state index contributed by atoms with van der Waals surface area (Å²) < 4.78 is 0. The van der Waals surface area contributed by atoms with E-state index < -0.39 is 34.4 Å². The quantitative estimate of drug-likeness (QED) is 0.0286. The normalized spacial score (nSPS) is 11.8. The highest BCUT2D eigenvalue weighted by Crippen LogP contribution is 2.20. The van der Waals surface area contributed by atoms with Crippen LogP contribution in [0.3, 0.4) is 0 Å². The lowest BCUT2D eigenvalue weighted by molar-refractivity contribution is -0.421. The van der Waals surface area contributed by atoms with E-state index in [9.17, 15) is 9.59 Å². The minimum Gasteiger partial charge on any atom is -0.290 e. The minimum absolute atomic E-state index is 0.378. The van der Waals surface area contributed by atoms with Gasteiger partial charge in [0, 0.05) is 6.42 Å². The van der Waals surface area contributed by atoms with Gasteiger partial charge in [-0.25, -0.2) is 9.59 Å². The molecule has 0 radical (unpaired) electrons. The number of rotatable bonds is 28. The van der Waals surface area contributed by atoms with Crippen LogP contribution >= 0.6 is 0 Å². The summed E-state index contributed by atoms with van der Waals surface area (Å²) in [6.45, 7) is 19.2. The summed E-state index contributed by atoms with van der Waals surface area (Å²) in [5, 5.41) is 2.47. The van der Waals surface area contributed by atoms with Crippen LogP contribution in [0.1, 0.15) is 145 Å². The van der Waals surface area contributed by atoms with E-state index in [0.717, 1.165) is 43.4 Å². The molecule has 0 fully saturated rings. The standard InChI is InChI=1S/C42H66O6Si2/c1-8-15-16-17-18-19-20-21-22-23-24-25-26-27-40(45-47-41(43)36-28-32-38(33-29-36)49(9-2,10-3)11-4)46-48-42(44)37-30-34-39(35-31-37)50(12-5,13-6)14-7/h9,12,28-35,40H,2,5,8,10-11,13-27H2,1,3-4,6-7H3. The molecule has 0 aliphatic heterocycles. The highest BCUT2D eigenvalue weighted by atomic mass is 28.3. The van der Waals surface area contributed by atoms with Gasteiger partial charge in [-0.15, -0.1) is 22.9 Å². The molecule has 6 nitrogen and oxygen atoms in total. The van der Waals surface area contributed by atoms with Gasteiger partial charge in [-0.3, -0.25) is 9.78 Å². The van der Waals surface area contributed by atoms with Gasteiger partial charge in [0.15, 0.2) is 0 Å². The SMILES string of the molecule is C=C[Si](CC)(CC)c1ccc(C(=O)OOC(CCCCCCCCCCCCCCC)OOC(=O)c2ccc([Si](C=C)(CC)CC)cc2)cc1. The molecule has 0 heterocycles. The van der Waals surface area contributed by atoms with E-state index >= 15 is 0 Å². The molecule has 2 aromatic carbocycles. The summed E-state index contributed by atoms with van der Waals surface area (Å²) in [5.74, 6) is -1.25. The molecule has 50 heavy (non-hydrogen) atoms. The van der Waals surface area contributed by atoms with Crippen LogP contribution in [-0.2, 0) is 19.6 Å². The first kappa shape index (κ1) is 43.4. The Morgan fingerprint density at radius 2 is 0.860 bits per heavy atom. The summed E-state index contributed by atoms with van der Waals surface area (Å²) in [6, 6.07) is 19.3. The predicted molar refractivity (Wildman–Crippen MR) is 213 cm³/mol. The Morgan fingerprint density at radius 1 is 0.540 bits per heavy atom. The van der Waals surface area contributed by atoms with Crippen LogP contribution < -0.4 is 10.4 Å². The van der Waals surface area contributed by atoms with Crippen LogP contribution in [0.4, 0.5) is 0 Å². The van der Waals surface area contributed by atoms with Gasteiger partial charge in [0.1, 0.15) is 16.1 Å². The zero-order valence-electron chi connectivity index (χ0n) is 31.9. The third kappa shape index (κ3) is 13.7. The van der Waals surface area contributed by atoms with Crippen molar-refractivity contribution in [3.63, 3.8) is 0 Å². The summed E-state index contributed by atoms with van der Waals surface area (Å²) in [5.41, 5.74) is 4.99. The zero-order chi connectivity index (χ0) is 36.7. The predicted octanol–water partition coefficient (Wildman–Crippen LogP) is 11.2. The maximum Gasteiger partial charge on any atom is 0.373 e. The molecule has 0 unspecified atom stereocenters. The van der Waals surface area contributed by atoms with Crippen molar-refractivity contribution in [2.75, 3.05) is 0 Å². The zero-order valence-corrected chi connectivity index (χ0v) is 33.9. The Bertz CT molecular complexity index is 1170. The largest absolute Gasteiger partial charge is 0.373 e. The van der Waals surface area contributed by atoms with Crippen molar-refractivity contribution < 1.29 is 29.1 Å². The first-order chi connectivity index (χ1) is 24.3. The third-order valence-corrected chi connectivity index (χ3v) is 20.3. The van der Waals surface area contributed by atoms with E-state index in [0.29, 0.717) is 17.5 Å². The molecule has 0 atom stereocenters. The number of benzene rings is 2. The maximum absolute atomic E-state index is 12.9. The van der Waals surface area contributed by atoms with Gasteiger partial charge in [0.05, 0.1) is 11.1 Å². The maximum atomic E-state index is 12.9. The smallest absolute Gasteiger partial charge is 0.290 e. The highest BCUT2D eigenvalue weighted by molar-refractivity contribution is 6.96. The van der Waals surface area contributed by atoms with Crippen LogP contribution in [0.15, 0.2) is 73.1 Å². The molecule has 0 saturated carbocycles. The first-order valence-electron chi connectivity index (χ1n) is 19.5. The van der Waals surface area contributed by atoms with Gasteiger partial charge < -0.3 is 0 Å². The Morgan fingerprint density at radius 3 is 1.16 bits per heavy atom. The fourth-order valence-corrected chi connectivity index (χ4v) is 12.7. The molecule has 278 valence electrons. The van der Waals surface area contributed by atoms with Gasteiger partial charge in [0.25, 0.3) is 0 Å². The fourth-order valence-electron chi connectivity index (χ4n) is 6.74. The Kier molecular flexibility index (Phi) is 21.2. The second-order valence-electron chi connectivity index (χ2n) is 13.7. The van der Waals surface area contributed by atoms with Gasteiger partial charge in [0.2, 0.25) is 6.29 Å². The molecule has 0 N–H and O–H groups in total. The van der Waals surface area contributed by atoms with E-state index in [1.165, 1.54) is 74.6 Å². The number of hydrogen-bond acceptors (Lipinski definition) is 6. The van der Waals surface area contributed by atoms with Crippen molar-refractivity contribution in [2.24, 2.45) is 0 Å². The van der Waals surface area contributed by atoms with Crippen LogP contribution in [0.25, 0.3) is 0 Å². The van der Waals surface area contributed by atoms with E-state index in [1.54, 1.807) is 24.3 Å². The second-order valence-corrected chi connectivity index (χ2v) is 23.1. The summed E-state index contributed by atoms with van der Waals surface area (Å²) in [7, 11) is -3.57. The van der Waals surface area contributed by atoms with Crippen LogP contribution in [0, 0.1) is 0 Å². The van der Waals surface area contributed by atoms with Gasteiger partial charge in [-0.1, -0.05) is 182 Å². The number of unbranched alkanes of at least 4 members (excludes halogenated alkanes) is 12. The third-order valence-electron chi connectivity index (χ3n) is 10.7. The molecule has 8 heteroatoms. The molecular formula is C42H66O6Si2. The van der Waals surface area contributed by atoms with E-state index in [1.807, 2.05) is 24.3 Å². The average Bonchev–Trinajstić information content (AvgIpc) is 3.16. The fraction of sp³-hybridized carbons (Fsp3) is 0.571. The van der Waals surface area contributed by atoms with Gasteiger partial charge >= 0.3 is 11.9 Å². The van der Waals surface area contributed by atoms with E-state index in [4.69, 9.17) is 19.6 Å².